The Morgan fingerprint density at radius 2 is 2.14 bits per heavy atom. The molecular weight excluding hydrogens is 292 g/mol. The maximum Gasteiger partial charge on any atom is 0.240 e. The van der Waals surface area contributed by atoms with Gasteiger partial charge in [-0.1, -0.05) is 13.3 Å². The average molecular weight is 312 g/mol. The Labute approximate surface area is 125 Å². The van der Waals surface area contributed by atoms with Crippen LogP contribution in [0.25, 0.3) is 0 Å². The lowest BCUT2D eigenvalue weighted by atomic mass is 10.2. The van der Waals surface area contributed by atoms with Crippen molar-refractivity contribution in [3.63, 3.8) is 0 Å². The number of nitrogens with zero attached hydrogens (tertiary/aromatic N) is 1. The van der Waals surface area contributed by atoms with Gasteiger partial charge in [-0.15, -0.1) is 0 Å². The normalized spacial score (nSPS) is 15.3. The van der Waals surface area contributed by atoms with E-state index in [0.717, 1.165) is 12.8 Å². The molecule has 1 aliphatic heterocycles. The number of rotatable bonds is 5. The van der Waals surface area contributed by atoms with E-state index in [9.17, 15) is 13.2 Å². The summed E-state index contributed by atoms with van der Waals surface area (Å²) in [5.41, 5.74) is 0.482. The highest BCUT2D eigenvalue weighted by atomic mass is 32.2. The number of sulfonamides is 1. The minimum atomic E-state index is -3.56. The predicted molar refractivity (Wildman–Crippen MR) is 80.1 cm³/mol. The van der Waals surface area contributed by atoms with E-state index in [1.165, 1.54) is 17.0 Å². The first-order valence-corrected chi connectivity index (χ1v) is 8.47. The van der Waals surface area contributed by atoms with E-state index in [0.29, 0.717) is 24.6 Å². The number of nitrogens with one attached hydrogen (secondary N) is 1. The van der Waals surface area contributed by atoms with Crippen molar-refractivity contribution in [1.82, 2.24) is 4.72 Å². The van der Waals surface area contributed by atoms with E-state index in [2.05, 4.69) is 4.72 Å². The van der Waals surface area contributed by atoms with Gasteiger partial charge in [-0.05, 0) is 24.6 Å². The third kappa shape index (κ3) is 3.54. The van der Waals surface area contributed by atoms with Gasteiger partial charge in [-0.2, -0.15) is 0 Å². The fraction of sp³-hybridized carbons (Fsp3) is 0.500. The Balaban J connectivity index is 2.31. The summed E-state index contributed by atoms with van der Waals surface area (Å²) >= 11 is 0. The van der Waals surface area contributed by atoms with Crippen LogP contribution in [-0.4, -0.2) is 34.5 Å². The Bertz CT molecular complexity index is 628. The SMILES string of the molecule is CCCCNS(=O)(=O)c1ccc2c(c1)N(C)C(=O)CCO2. The van der Waals surface area contributed by atoms with Crippen molar-refractivity contribution in [1.29, 1.82) is 0 Å². The second-order valence-corrected chi connectivity index (χ2v) is 6.70. The van der Waals surface area contributed by atoms with Crippen LogP contribution in [0.4, 0.5) is 5.69 Å². The van der Waals surface area contributed by atoms with E-state index in [1.807, 2.05) is 6.92 Å². The van der Waals surface area contributed by atoms with Gasteiger partial charge in [0.2, 0.25) is 15.9 Å². The van der Waals surface area contributed by atoms with Crippen molar-refractivity contribution >= 4 is 21.6 Å². The zero-order valence-electron chi connectivity index (χ0n) is 12.3. The third-order valence-electron chi connectivity index (χ3n) is 3.37. The molecule has 1 amide bonds. The van der Waals surface area contributed by atoms with E-state index >= 15 is 0 Å². The zero-order chi connectivity index (χ0) is 15.5. The number of hydrogen-bond donors (Lipinski definition) is 1. The molecule has 0 atom stereocenters. The molecule has 0 fully saturated rings. The average Bonchev–Trinajstić information content (AvgIpc) is 2.59. The van der Waals surface area contributed by atoms with Crippen LogP contribution < -0.4 is 14.4 Å². The van der Waals surface area contributed by atoms with Gasteiger partial charge in [0.05, 0.1) is 23.6 Å². The largest absolute Gasteiger partial charge is 0.491 e. The zero-order valence-corrected chi connectivity index (χ0v) is 13.1. The molecule has 6 nitrogen and oxygen atoms in total. The first-order chi connectivity index (χ1) is 9.95. The number of carbonyl (C=O) groups is 1. The van der Waals surface area contributed by atoms with Gasteiger partial charge in [0, 0.05) is 13.6 Å². The topological polar surface area (TPSA) is 75.7 Å². The summed E-state index contributed by atoms with van der Waals surface area (Å²) in [6.45, 7) is 2.70. The van der Waals surface area contributed by atoms with Gasteiger partial charge >= 0.3 is 0 Å². The lowest BCUT2D eigenvalue weighted by Gasteiger charge is -2.17. The number of benzene rings is 1. The molecule has 0 saturated heterocycles. The molecule has 0 aromatic heterocycles. The Morgan fingerprint density at radius 1 is 1.38 bits per heavy atom. The lowest BCUT2D eigenvalue weighted by Crippen LogP contribution is -2.27. The number of unbranched alkanes of at least 4 members (excludes halogenated alkanes) is 1. The summed E-state index contributed by atoms with van der Waals surface area (Å²) in [6.07, 6.45) is 1.98. The summed E-state index contributed by atoms with van der Waals surface area (Å²) in [4.78, 5) is 13.4. The maximum atomic E-state index is 12.2. The van der Waals surface area contributed by atoms with Gasteiger partial charge in [0.25, 0.3) is 0 Å². The molecule has 0 saturated carbocycles. The van der Waals surface area contributed by atoms with Gasteiger partial charge < -0.3 is 9.64 Å². The molecule has 21 heavy (non-hydrogen) atoms. The summed E-state index contributed by atoms with van der Waals surface area (Å²) in [7, 11) is -1.94. The van der Waals surface area contributed by atoms with Crippen LogP contribution in [0, 0.1) is 0 Å². The number of anilines is 1. The van der Waals surface area contributed by atoms with Crippen molar-refractivity contribution in [2.24, 2.45) is 0 Å². The van der Waals surface area contributed by atoms with Crippen molar-refractivity contribution < 1.29 is 17.9 Å². The van der Waals surface area contributed by atoms with E-state index in [1.54, 1.807) is 13.1 Å². The number of carbonyl (C=O) groups excluding carboxylic acids is 1. The smallest absolute Gasteiger partial charge is 0.240 e. The molecule has 0 unspecified atom stereocenters. The molecular formula is C14H20N2O4S. The molecule has 1 N–H and O–H groups in total. The van der Waals surface area contributed by atoms with E-state index in [-0.39, 0.29) is 17.2 Å². The standard InChI is InChI=1S/C14H20N2O4S/c1-3-4-8-15-21(18,19)11-5-6-13-12(10-11)16(2)14(17)7-9-20-13/h5-6,10,15H,3-4,7-9H2,1-2H3. The van der Waals surface area contributed by atoms with Crippen molar-refractivity contribution in [2.75, 3.05) is 25.1 Å². The number of amides is 1. The highest BCUT2D eigenvalue weighted by molar-refractivity contribution is 7.89. The Kier molecular flexibility index (Phi) is 4.84. The van der Waals surface area contributed by atoms with Gasteiger partial charge in [0.1, 0.15) is 5.75 Å². The summed E-state index contributed by atoms with van der Waals surface area (Å²) in [5, 5.41) is 0. The first-order valence-electron chi connectivity index (χ1n) is 6.99. The summed E-state index contributed by atoms with van der Waals surface area (Å²) in [5.74, 6) is 0.429. The molecule has 0 spiro atoms. The molecule has 1 heterocycles. The quantitative estimate of drug-likeness (QED) is 0.836. The van der Waals surface area contributed by atoms with Crippen LogP contribution in [0.15, 0.2) is 23.1 Å². The van der Waals surface area contributed by atoms with Crippen LogP contribution in [-0.2, 0) is 14.8 Å². The van der Waals surface area contributed by atoms with Gasteiger partial charge in [0.15, 0.2) is 0 Å². The summed E-state index contributed by atoms with van der Waals surface area (Å²) < 4.78 is 32.5. The molecule has 0 radical (unpaired) electrons. The fourth-order valence-corrected chi connectivity index (χ4v) is 3.16. The fourth-order valence-electron chi connectivity index (χ4n) is 2.07. The van der Waals surface area contributed by atoms with Gasteiger partial charge in [-0.3, -0.25) is 4.79 Å². The number of hydrogen-bond acceptors (Lipinski definition) is 4. The maximum absolute atomic E-state index is 12.2. The Morgan fingerprint density at radius 3 is 2.86 bits per heavy atom. The molecule has 7 heteroatoms. The van der Waals surface area contributed by atoms with Crippen molar-refractivity contribution in [3.05, 3.63) is 18.2 Å². The minimum Gasteiger partial charge on any atom is -0.491 e. The molecule has 0 bridgehead atoms. The van der Waals surface area contributed by atoms with Gasteiger partial charge in [-0.25, -0.2) is 13.1 Å². The molecule has 0 aliphatic carbocycles. The lowest BCUT2D eigenvalue weighted by molar-refractivity contribution is -0.118. The van der Waals surface area contributed by atoms with Crippen LogP contribution >= 0.6 is 0 Å². The van der Waals surface area contributed by atoms with E-state index < -0.39 is 10.0 Å². The molecule has 2 rings (SSSR count). The molecule has 1 aromatic carbocycles. The molecule has 1 aromatic rings. The van der Waals surface area contributed by atoms with Crippen LogP contribution in [0.1, 0.15) is 26.2 Å². The second-order valence-electron chi connectivity index (χ2n) is 4.93. The van der Waals surface area contributed by atoms with Crippen LogP contribution in [0.5, 0.6) is 5.75 Å². The van der Waals surface area contributed by atoms with Crippen molar-refractivity contribution in [2.45, 2.75) is 31.1 Å². The molecule has 116 valence electrons. The number of fused-ring (bicyclic) bond motifs is 1. The number of ether oxygens (including phenoxy) is 1. The van der Waals surface area contributed by atoms with Crippen LogP contribution in [0.2, 0.25) is 0 Å². The first kappa shape index (κ1) is 15.8. The highest BCUT2D eigenvalue weighted by Crippen LogP contribution is 2.32. The van der Waals surface area contributed by atoms with E-state index in [4.69, 9.17) is 4.74 Å². The monoisotopic (exact) mass is 312 g/mol. The summed E-state index contributed by atoms with van der Waals surface area (Å²) in [6, 6.07) is 4.57. The van der Waals surface area contributed by atoms with Crippen LogP contribution in [0.3, 0.4) is 0 Å². The third-order valence-corrected chi connectivity index (χ3v) is 4.83. The second kappa shape index (κ2) is 6.44. The highest BCUT2D eigenvalue weighted by Gasteiger charge is 2.23. The predicted octanol–water partition coefficient (Wildman–Crippen LogP) is 1.51. The molecule has 1 aliphatic rings. The Hall–Kier alpha value is -1.60. The minimum absolute atomic E-state index is 0.0951. The van der Waals surface area contributed by atoms with Crippen molar-refractivity contribution in [3.8, 4) is 5.75 Å².